The van der Waals surface area contributed by atoms with Gasteiger partial charge in [0, 0.05) is 12.2 Å². The molecule has 5 nitrogen and oxygen atoms in total. The third-order valence-corrected chi connectivity index (χ3v) is 3.21. The Bertz CT molecular complexity index is 552. The summed E-state index contributed by atoms with van der Waals surface area (Å²) in [6.45, 7) is 4.84. The molecule has 0 amide bonds. The molecular weight excluding hydrogens is 262 g/mol. The molecular formula is C13H18ClN5. The third kappa shape index (κ3) is 2.94. The molecule has 2 heterocycles. The molecule has 0 aliphatic rings. The van der Waals surface area contributed by atoms with E-state index < -0.39 is 0 Å². The number of nitrogens with zero attached hydrogens (tertiary/aromatic N) is 3. The monoisotopic (exact) mass is 279 g/mol. The highest BCUT2D eigenvalue weighted by Crippen LogP contribution is 2.27. The number of pyridine rings is 1. The molecule has 0 aromatic carbocycles. The van der Waals surface area contributed by atoms with Crippen molar-refractivity contribution in [1.82, 2.24) is 20.2 Å². The standard InChI is InChI=1S/C13H18ClN5/c1-3-7-19-13(10(14)8-16-19)12(18-15)11-6-4-5-9(2)17-11/h4-6,8,12,18H,3,7,15H2,1-2H3. The number of halogens is 1. The Balaban J connectivity index is 2.44. The lowest BCUT2D eigenvalue weighted by Crippen LogP contribution is -2.31. The van der Waals surface area contributed by atoms with Crippen LogP contribution < -0.4 is 11.3 Å². The van der Waals surface area contributed by atoms with Gasteiger partial charge in [0.05, 0.1) is 22.6 Å². The van der Waals surface area contributed by atoms with Gasteiger partial charge in [0.15, 0.2) is 0 Å². The van der Waals surface area contributed by atoms with E-state index in [1.165, 1.54) is 0 Å². The molecule has 6 heteroatoms. The Morgan fingerprint density at radius 1 is 1.47 bits per heavy atom. The lowest BCUT2D eigenvalue weighted by Gasteiger charge is -2.18. The first kappa shape index (κ1) is 14.0. The van der Waals surface area contributed by atoms with Crippen LogP contribution in [0.15, 0.2) is 24.4 Å². The molecule has 0 saturated carbocycles. The van der Waals surface area contributed by atoms with Gasteiger partial charge in [0.2, 0.25) is 0 Å². The Labute approximate surface area is 117 Å². The molecule has 0 spiro atoms. The van der Waals surface area contributed by atoms with Gasteiger partial charge < -0.3 is 0 Å². The van der Waals surface area contributed by atoms with Crippen LogP contribution in [0.25, 0.3) is 0 Å². The van der Waals surface area contributed by atoms with E-state index in [-0.39, 0.29) is 6.04 Å². The van der Waals surface area contributed by atoms with Crippen molar-refractivity contribution in [2.24, 2.45) is 5.84 Å². The molecule has 0 aliphatic carbocycles. The molecule has 0 fully saturated rings. The lowest BCUT2D eigenvalue weighted by atomic mass is 10.1. The van der Waals surface area contributed by atoms with E-state index in [9.17, 15) is 0 Å². The van der Waals surface area contributed by atoms with Gasteiger partial charge in [-0.2, -0.15) is 5.10 Å². The third-order valence-electron chi connectivity index (χ3n) is 2.91. The highest BCUT2D eigenvalue weighted by Gasteiger charge is 2.22. The highest BCUT2D eigenvalue weighted by atomic mass is 35.5. The first-order valence-electron chi connectivity index (χ1n) is 6.28. The number of hydrogen-bond donors (Lipinski definition) is 2. The zero-order valence-electron chi connectivity index (χ0n) is 11.1. The van der Waals surface area contributed by atoms with Crippen molar-refractivity contribution in [1.29, 1.82) is 0 Å². The molecule has 19 heavy (non-hydrogen) atoms. The molecule has 0 saturated heterocycles. The Morgan fingerprint density at radius 2 is 2.26 bits per heavy atom. The molecule has 2 aromatic heterocycles. The minimum Gasteiger partial charge on any atom is -0.270 e. The molecule has 102 valence electrons. The van der Waals surface area contributed by atoms with Crippen LogP contribution in [0.3, 0.4) is 0 Å². The van der Waals surface area contributed by atoms with Crippen LogP contribution in [0, 0.1) is 6.92 Å². The normalized spacial score (nSPS) is 12.6. The summed E-state index contributed by atoms with van der Waals surface area (Å²) in [7, 11) is 0. The number of nitrogens with two attached hydrogens (primary N) is 1. The second kappa shape index (κ2) is 6.14. The molecule has 3 N–H and O–H groups in total. The first-order valence-corrected chi connectivity index (χ1v) is 6.66. The zero-order chi connectivity index (χ0) is 13.8. The van der Waals surface area contributed by atoms with Crippen molar-refractivity contribution in [3.63, 3.8) is 0 Å². The Hall–Kier alpha value is -1.43. The maximum absolute atomic E-state index is 6.24. The van der Waals surface area contributed by atoms with E-state index in [0.29, 0.717) is 5.02 Å². The fourth-order valence-corrected chi connectivity index (χ4v) is 2.33. The van der Waals surface area contributed by atoms with Crippen molar-refractivity contribution in [3.8, 4) is 0 Å². The summed E-state index contributed by atoms with van der Waals surface area (Å²) in [4.78, 5) is 4.50. The van der Waals surface area contributed by atoms with Crippen LogP contribution in [0.1, 0.15) is 36.5 Å². The highest BCUT2D eigenvalue weighted by molar-refractivity contribution is 6.31. The minimum atomic E-state index is -0.263. The Morgan fingerprint density at radius 3 is 2.89 bits per heavy atom. The second-order valence-corrected chi connectivity index (χ2v) is 4.81. The van der Waals surface area contributed by atoms with Crippen LogP contribution in [-0.4, -0.2) is 14.8 Å². The number of hydrazine groups is 1. The SMILES string of the molecule is CCCn1ncc(Cl)c1C(NN)c1cccc(C)n1. The smallest absolute Gasteiger partial charge is 0.106 e. The van der Waals surface area contributed by atoms with Gasteiger partial charge in [-0.15, -0.1) is 0 Å². The summed E-state index contributed by atoms with van der Waals surface area (Å²) in [6, 6.07) is 5.57. The number of rotatable bonds is 5. The van der Waals surface area contributed by atoms with Crippen molar-refractivity contribution >= 4 is 11.6 Å². The van der Waals surface area contributed by atoms with E-state index in [2.05, 4.69) is 22.4 Å². The maximum Gasteiger partial charge on any atom is 0.106 e. The average Bonchev–Trinajstić information content (AvgIpc) is 2.74. The fraction of sp³-hybridized carbons (Fsp3) is 0.385. The predicted octanol–water partition coefficient (Wildman–Crippen LogP) is 2.20. The maximum atomic E-state index is 6.24. The predicted molar refractivity (Wildman–Crippen MR) is 75.7 cm³/mol. The van der Waals surface area contributed by atoms with E-state index in [0.717, 1.165) is 30.0 Å². The van der Waals surface area contributed by atoms with Crippen LogP contribution in [0.4, 0.5) is 0 Å². The van der Waals surface area contributed by atoms with Crippen molar-refractivity contribution in [2.75, 3.05) is 0 Å². The molecule has 0 bridgehead atoms. The fourth-order valence-electron chi connectivity index (χ4n) is 2.08. The van der Waals surface area contributed by atoms with Crippen LogP contribution >= 0.6 is 11.6 Å². The largest absolute Gasteiger partial charge is 0.270 e. The molecule has 0 radical (unpaired) electrons. The number of aryl methyl sites for hydroxylation is 2. The van der Waals surface area contributed by atoms with Crippen LogP contribution in [0.5, 0.6) is 0 Å². The molecule has 2 rings (SSSR count). The topological polar surface area (TPSA) is 68.8 Å². The van der Waals surface area contributed by atoms with Gasteiger partial charge in [-0.1, -0.05) is 24.6 Å². The van der Waals surface area contributed by atoms with Crippen LogP contribution in [0.2, 0.25) is 5.02 Å². The zero-order valence-corrected chi connectivity index (χ0v) is 11.9. The number of aromatic nitrogens is 3. The summed E-state index contributed by atoms with van der Waals surface area (Å²) in [5, 5.41) is 4.88. The average molecular weight is 280 g/mol. The van der Waals surface area contributed by atoms with Gasteiger partial charge in [-0.3, -0.25) is 15.5 Å². The van der Waals surface area contributed by atoms with Crippen molar-refractivity contribution < 1.29 is 0 Å². The van der Waals surface area contributed by atoms with Gasteiger partial charge in [-0.25, -0.2) is 5.43 Å². The van der Waals surface area contributed by atoms with E-state index >= 15 is 0 Å². The van der Waals surface area contributed by atoms with Gasteiger partial charge in [0.25, 0.3) is 0 Å². The quantitative estimate of drug-likeness (QED) is 0.650. The van der Waals surface area contributed by atoms with Crippen LogP contribution in [-0.2, 0) is 6.54 Å². The van der Waals surface area contributed by atoms with E-state index in [1.54, 1.807) is 6.20 Å². The first-order chi connectivity index (χ1) is 9.17. The summed E-state index contributed by atoms with van der Waals surface area (Å²) in [5.41, 5.74) is 5.41. The summed E-state index contributed by atoms with van der Waals surface area (Å²) in [5.74, 6) is 5.69. The number of nitrogens with one attached hydrogen (secondary N) is 1. The van der Waals surface area contributed by atoms with E-state index in [4.69, 9.17) is 17.4 Å². The molecule has 2 aromatic rings. The number of hydrogen-bond acceptors (Lipinski definition) is 4. The van der Waals surface area contributed by atoms with Gasteiger partial charge in [0.1, 0.15) is 6.04 Å². The molecule has 0 aliphatic heterocycles. The lowest BCUT2D eigenvalue weighted by molar-refractivity contribution is 0.514. The summed E-state index contributed by atoms with van der Waals surface area (Å²) in [6.07, 6.45) is 2.62. The summed E-state index contributed by atoms with van der Waals surface area (Å²) < 4.78 is 1.87. The van der Waals surface area contributed by atoms with Crippen molar-refractivity contribution in [3.05, 3.63) is 46.5 Å². The second-order valence-electron chi connectivity index (χ2n) is 4.40. The van der Waals surface area contributed by atoms with Gasteiger partial charge >= 0.3 is 0 Å². The van der Waals surface area contributed by atoms with E-state index in [1.807, 2.05) is 29.8 Å². The van der Waals surface area contributed by atoms with Gasteiger partial charge in [-0.05, 0) is 25.5 Å². The summed E-state index contributed by atoms with van der Waals surface area (Å²) >= 11 is 6.24. The van der Waals surface area contributed by atoms with Crippen molar-refractivity contribution in [2.45, 2.75) is 32.9 Å². The molecule has 1 atom stereocenters. The minimum absolute atomic E-state index is 0.263. The molecule has 1 unspecified atom stereocenters. The Kier molecular flexibility index (Phi) is 4.52.